The monoisotopic (exact) mass is 231 g/mol. The Labute approximate surface area is 86.4 Å². The Kier molecular flexibility index (Phi) is 2.80. The van der Waals surface area contributed by atoms with Gasteiger partial charge in [-0.1, -0.05) is 0 Å². The van der Waals surface area contributed by atoms with E-state index in [-0.39, 0.29) is 31.9 Å². The van der Waals surface area contributed by atoms with E-state index in [0.29, 0.717) is 12.8 Å². The first-order valence-corrected chi connectivity index (χ1v) is 4.37. The van der Waals surface area contributed by atoms with E-state index in [1.165, 1.54) is 0 Å². The summed E-state index contributed by atoms with van der Waals surface area (Å²) in [5, 5.41) is 0. The quantitative estimate of drug-likeness (QED) is 0.692. The van der Waals surface area contributed by atoms with Gasteiger partial charge in [0.15, 0.2) is 5.60 Å². The van der Waals surface area contributed by atoms with Gasteiger partial charge >= 0.3 is 6.18 Å². The second-order valence-electron chi connectivity index (χ2n) is 4.14. The van der Waals surface area contributed by atoms with Crippen molar-refractivity contribution in [3.8, 4) is 0 Å². The summed E-state index contributed by atoms with van der Waals surface area (Å²) in [6.07, 6.45) is -3.35. The van der Waals surface area contributed by atoms with Gasteiger partial charge in [-0.05, 0) is 25.7 Å². The van der Waals surface area contributed by atoms with Crippen LogP contribution >= 0.6 is 12.4 Å². The van der Waals surface area contributed by atoms with Crippen LogP contribution in [-0.4, -0.2) is 23.9 Å². The molecule has 6 heteroatoms. The zero-order valence-corrected chi connectivity index (χ0v) is 8.38. The van der Waals surface area contributed by atoms with Crippen LogP contribution < -0.4 is 5.73 Å². The third-order valence-electron chi connectivity index (χ3n) is 3.21. The van der Waals surface area contributed by atoms with Crippen LogP contribution in [0.3, 0.4) is 0 Å². The van der Waals surface area contributed by atoms with Gasteiger partial charge < -0.3 is 10.5 Å². The Morgan fingerprint density at radius 1 is 1.07 bits per heavy atom. The highest BCUT2D eigenvalue weighted by molar-refractivity contribution is 5.85. The first-order chi connectivity index (χ1) is 5.87. The molecule has 0 aromatic rings. The van der Waals surface area contributed by atoms with Gasteiger partial charge in [-0.25, -0.2) is 0 Å². The maximum absolute atomic E-state index is 12.6. The van der Waals surface area contributed by atoms with E-state index >= 15 is 0 Å². The molecule has 3 rings (SSSR count). The minimum atomic E-state index is -4.24. The lowest BCUT2D eigenvalue weighted by molar-refractivity contribution is -0.315. The molecular weight excluding hydrogens is 219 g/mol. The Morgan fingerprint density at radius 3 is 1.86 bits per heavy atom. The molecule has 2 nitrogen and oxygen atoms in total. The standard InChI is InChI=1S/C8H12F3NO.ClH/c9-8(10,11)7-3-1-6(12,2-4-7)5-13-7;/h1-5,12H2;1H. The van der Waals surface area contributed by atoms with Crippen LogP contribution in [0.15, 0.2) is 0 Å². The predicted molar refractivity (Wildman–Crippen MR) is 47.4 cm³/mol. The molecule has 2 N–H and O–H groups in total. The molecule has 2 bridgehead atoms. The van der Waals surface area contributed by atoms with Crippen molar-refractivity contribution in [2.24, 2.45) is 5.73 Å². The summed E-state index contributed by atoms with van der Waals surface area (Å²) in [5.41, 5.74) is 3.43. The molecule has 0 aromatic carbocycles. The van der Waals surface area contributed by atoms with Gasteiger partial charge in [-0.15, -0.1) is 12.4 Å². The van der Waals surface area contributed by atoms with Crippen LogP contribution in [-0.2, 0) is 4.74 Å². The fourth-order valence-corrected chi connectivity index (χ4v) is 2.09. The van der Waals surface area contributed by atoms with Gasteiger partial charge in [0.1, 0.15) is 0 Å². The Morgan fingerprint density at radius 2 is 1.57 bits per heavy atom. The van der Waals surface area contributed by atoms with E-state index < -0.39 is 17.3 Å². The normalized spacial score (nSPS) is 42.0. The molecule has 0 atom stereocenters. The number of fused-ring (bicyclic) bond motifs is 3. The van der Waals surface area contributed by atoms with Crippen LogP contribution in [0.5, 0.6) is 0 Å². The molecule has 2 saturated heterocycles. The molecule has 0 aromatic heterocycles. The fourth-order valence-electron chi connectivity index (χ4n) is 2.09. The number of halogens is 4. The maximum atomic E-state index is 12.6. The summed E-state index contributed by atoms with van der Waals surface area (Å²) < 4.78 is 42.6. The lowest BCUT2D eigenvalue weighted by Gasteiger charge is -2.51. The number of alkyl halides is 3. The SMILES string of the molecule is Cl.NC12CCC(C(F)(F)F)(CC1)OC2. The molecular formula is C8H13ClF3NO. The van der Waals surface area contributed by atoms with Crippen molar-refractivity contribution in [3.63, 3.8) is 0 Å². The molecule has 2 heterocycles. The first-order valence-electron chi connectivity index (χ1n) is 4.37. The van der Waals surface area contributed by atoms with Crippen molar-refractivity contribution in [1.82, 2.24) is 0 Å². The van der Waals surface area contributed by atoms with Crippen molar-refractivity contribution in [2.45, 2.75) is 43.0 Å². The molecule has 84 valence electrons. The van der Waals surface area contributed by atoms with Crippen molar-refractivity contribution >= 4 is 12.4 Å². The van der Waals surface area contributed by atoms with Crippen molar-refractivity contribution in [1.29, 1.82) is 0 Å². The van der Waals surface area contributed by atoms with Crippen LogP contribution in [0.4, 0.5) is 13.2 Å². The molecule has 2 aliphatic heterocycles. The lowest BCUT2D eigenvalue weighted by Crippen LogP contribution is -2.64. The molecule has 14 heavy (non-hydrogen) atoms. The van der Waals surface area contributed by atoms with E-state index in [2.05, 4.69) is 0 Å². The van der Waals surface area contributed by atoms with Gasteiger partial charge in [0.05, 0.1) is 6.61 Å². The van der Waals surface area contributed by atoms with E-state index in [0.717, 1.165) is 0 Å². The lowest BCUT2D eigenvalue weighted by atomic mass is 9.71. The zero-order valence-electron chi connectivity index (χ0n) is 7.56. The second kappa shape index (κ2) is 3.25. The van der Waals surface area contributed by atoms with Gasteiger partial charge in [0.2, 0.25) is 0 Å². The highest BCUT2D eigenvalue weighted by Gasteiger charge is 2.62. The molecule has 0 amide bonds. The Balaban J connectivity index is 0.000000980. The summed E-state index contributed by atoms with van der Waals surface area (Å²) in [5.74, 6) is 0. The summed E-state index contributed by atoms with van der Waals surface area (Å²) in [6.45, 7) is 0.0481. The van der Waals surface area contributed by atoms with Gasteiger partial charge in [-0.3, -0.25) is 0 Å². The molecule has 1 aliphatic carbocycles. The number of nitrogens with two attached hydrogens (primary N) is 1. The van der Waals surface area contributed by atoms with Crippen molar-refractivity contribution in [2.75, 3.05) is 6.61 Å². The topological polar surface area (TPSA) is 35.2 Å². The number of rotatable bonds is 0. The van der Waals surface area contributed by atoms with Crippen molar-refractivity contribution in [3.05, 3.63) is 0 Å². The van der Waals surface area contributed by atoms with E-state index in [1.54, 1.807) is 0 Å². The van der Waals surface area contributed by atoms with Gasteiger partial charge in [-0.2, -0.15) is 13.2 Å². The third kappa shape index (κ3) is 1.61. The van der Waals surface area contributed by atoms with Gasteiger partial charge in [0.25, 0.3) is 0 Å². The summed E-state index contributed by atoms with van der Waals surface area (Å²) in [4.78, 5) is 0. The van der Waals surface area contributed by atoms with Gasteiger partial charge in [0, 0.05) is 5.54 Å². The maximum Gasteiger partial charge on any atom is 0.417 e. The third-order valence-corrected chi connectivity index (χ3v) is 3.21. The van der Waals surface area contributed by atoms with E-state index in [9.17, 15) is 13.2 Å². The zero-order chi connectivity index (χ0) is 9.74. The Bertz CT molecular complexity index is 207. The molecule has 3 aliphatic rings. The highest BCUT2D eigenvalue weighted by atomic mass is 35.5. The highest BCUT2D eigenvalue weighted by Crippen LogP contribution is 2.50. The number of hydrogen-bond donors (Lipinski definition) is 1. The Hall–Kier alpha value is -0.0000000000000000486. The van der Waals surface area contributed by atoms with Crippen LogP contribution in [0.1, 0.15) is 25.7 Å². The minimum Gasteiger partial charge on any atom is -0.364 e. The molecule has 0 radical (unpaired) electrons. The summed E-state index contributed by atoms with van der Waals surface area (Å²) in [7, 11) is 0. The molecule has 0 unspecified atom stereocenters. The summed E-state index contributed by atoms with van der Waals surface area (Å²) in [6, 6.07) is 0. The fraction of sp³-hybridized carbons (Fsp3) is 1.00. The molecule has 1 saturated carbocycles. The largest absolute Gasteiger partial charge is 0.417 e. The average Bonchev–Trinajstić information content (AvgIpc) is 2.04. The number of ether oxygens (including phenoxy) is 1. The van der Waals surface area contributed by atoms with E-state index in [4.69, 9.17) is 10.5 Å². The first kappa shape index (κ1) is 12.1. The minimum absolute atomic E-state index is 0. The second-order valence-corrected chi connectivity index (χ2v) is 4.14. The summed E-state index contributed by atoms with van der Waals surface area (Å²) >= 11 is 0. The van der Waals surface area contributed by atoms with Crippen LogP contribution in [0.2, 0.25) is 0 Å². The molecule has 3 fully saturated rings. The smallest absolute Gasteiger partial charge is 0.364 e. The van der Waals surface area contributed by atoms with E-state index in [1.807, 2.05) is 0 Å². The molecule has 0 spiro atoms. The van der Waals surface area contributed by atoms with Crippen LogP contribution in [0, 0.1) is 0 Å². The average molecular weight is 232 g/mol. The van der Waals surface area contributed by atoms with Crippen LogP contribution in [0.25, 0.3) is 0 Å². The van der Waals surface area contributed by atoms with Crippen molar-refractivity contribution < 1.29 is 17.9 Å². The number of hydrogen-bond acceptors (Lipinski definition) is 2. The predicted octanol–water partition coefficient (Wildman–Crippen LogP) is 2.01.